The Hall–Kier alpha value is -0.590. The Morgan fingerprint density at radius 3 is 2.29 bits per heavy atom. The number of unbranched alkanes of at least 4 members (excludes halogenated alkanes) is 6. The molecule has 0 unspecified atom stereocenters. The van der Waals surface area contributed by atoms with Crippen molar-refractivity contribution in [1.82, 2.24) is 0 Å². The highest BCUT2D eigenvalue weighted by atomic mass is 16.1. The molecule has 0 N–H and O–H groups in total. The lowest BCUT2D eigenvalue weighted by atomic mass is 10.1. The van der Waals surface area contributed by atoms with Gasteiger partial charge in [-0.05, 0) is 19.8 Å². The summed E-state index contributed by atoms with van der Waals surface area (Å²) in [5.41, 5.74) is 0. The van der Waals surface area contributed by atoms with E-state index < -0.39 is 0 Å². The first-order valence-electron chi connectivity index (χ1n) is 5.91. The molecular weight excluding hydrogens is 172 g/mol. The molecule has 0 aliphatic carbocycles. The normalized spacial score (nSPS) is 11.0. The summed E-state index contributed by atoms with van der Waals surface area (Å²) < 4.78 is 0. The van der Waals surface area contributed by atoms with Crippen LogP contribution in [0.1, 0.15) is 65.2 Å². The molecule has 0 heterocycles. The van der Waals surface area contributed by atoms with E-state index in [1.165, 1.54) is 38.5 Å². The van der Waals surface area contributed by atoms with Crippen molar-refractivity contribution in [3.8, 4) is 0 Å². The molecule has 1 heteroatoms. The van der Waals surface area contributed by atoms with Crippen LogP contribution in [-0.4, -0.2) is 5.78 Å². The van der Waals surface area contributed by atoms with Gasteiger partial charge in [0.1, 0.15) is 5.78 Å². The largest absolute Gasteiger partial charge is 0.300 e. The van der Waals surface area contributed by atoms with Crippen LogP contribution in [0.25, 0.3) is 0 Å². The Labute approximate surface area is 88.6 Å². The van der Waals surface area contributed by atoms with E-state index in [1.54, 1.807) is 6.92 Å². The SMILES string of the molecule is CCCCCCCCC=CCC(C)=O. The van der Waals surface area contributed by atoms with Crippen molar-refractivity contribution in [2.24, 2.45) is 0 Å². The van der Waals surface area contributed by atoms with E-state index in [-0.39, 0.29) is 5.78 Å². The summed E-state index contributed by atoms with van der Waals surface area (Å²) in [4.78, 5) is 10.6. The lowest BCUT2D eigenvalue weighted by molar-refractivity contribution is -0.116. The summed E-state index contributed by atoms with van der Waals surface area (Å²) in [6.07, 6.45) is 13.9. The minimum atomic E-state index is 0.254. The lowest BCUT2D eigenvalue weighted by Gasteiger charge is -1.97. The molecular formula is C13H24O. The molecule has 0 aromatic rings. The van der Waals surface area contributed by atoms with Crippen molar-refractivity contribution in [2.45, 2.75) is 65.2 Å². The molecule has 0 saturated heterocycles. The van der Waals surface area contributed by atoms with Gasteiger partial charge in [0.05, 0.1) is 0 Å². The molecule has 0 spiro atoms. The summed E-state index contributed by atoms with van der Waals surface area (Å²) in [5.74, 6) is 0.254. The molecule has 0 aromatic heterocycles. The van der Waals surface area contributed by atoms with Crippen LogP contribution in [0.4, 0.5) is 0 Å². The second-order valence-electron chi connectivity index (χ2n) is 3.93. The van der Waals surface area contributed by atoms with Crippen molar-refractivity contribution in [2.75, 3.05) is 0 Å². The molecule has 1 nitrogen and oxygen atoms in total. The maximum atomic E-state index is 10.6. The summed E-state index contributed by atoms with van der Waals surface area (Å²) in [5, 5.41) is 0. The number of hydrogen-bond donors (Lipinski definition) is 0. The van der Waals surface area contributed by atoms with Gasteiger partial charge >= 0.3 is 0 Å². The second-order valence-corrected chi connectivity index (χ2v) is 3.93. The predicted octanol–water partition coefficient (Wildman–Crippen LogP) is 4.27. The summed E-state index contributed by atoms with van der Waals surface area (Å²) >= 11 is 0. The maximum Gasteiger partial charge on any atom is 0.133 e. The first-order valence-corrected chi connectivity index (χ1v) is 5.91. The van der Waals surface area contributed by atoms with Crippen molar-refractivity contribution >= 4 is 5.78 Å². The van der Waals surface area contributed by atoms with Gasteiger partial charge in [0.15, 0.2) is 0 Å². The summed E-state index contributed by atoms with van der Waals surface area (Å²) in [6, 6.07) is 0. The van der Waals surface area contributed by atoms with Gasteiger partial charge in [-0.25, -0.2) is 0 Å². The van der Waals surface area contributed by atoms with Gasteiger partial charge in [0, 0.05) is 6.42 Å². The molecule has 14 heavy (non-hydrogen) atoms. The summed E-state index contributed by atoms with van der Waals surface area (Å²) in [7, 11) is 0. The first-order chi connectivity index (χ1) is 6.77. The van der Waals surface area contributed by atoms with E-state index in [2.05, 4.69) is 13.0 Å². The Bertz CT molecular complexity index is 159. The van der Waals surface area contributed by atoms with Crippen molar-refractivity contribution < 1.29 is 4.79 Å². The van der Waals surface area contributed by atoms with Gasteiger partial charge < -0.3 is 0 Å². The Balaban J connectivity index is 3.05. The minimum Gasteiger partial charge on any atom is -0.300 e. The van der Waals surface area contributed by atoms with E-state index >= 15 is 0 Å². The number of carbonyl (C=O) groups is 1. The van der Waals surface area contributed by atoms with Crippen molar-refractivity contribution in [1.29, 1.82) is 0 Å². The van der Waals surface area contributed by atoms with Gasteiger partial charge in [-0.15, -0.1) is 0 Å². The predicted molar refractivity (Wildman–Crippen MR) is 62.4 cm³/mol. The quantitative estimate of drug-likeness (QED) is 0.397. The van der Waals surface area contributed by atoms with Crippen LogP contribution in [0.3, 0.4) is 0 Å². The zero-order chi connectivity index (χ0) is 10.6. The number of rotatable bonds is 9. The molecule has 0 radical (unpaired) electrons. The monoisotopic (exact) mass is 196 g/mol. The minimum absolute atomic E-state index is 0.254. The van der Waals surface area contributed by atoms with Gasteiger partial charge in [0.25, 0.3) is 0 Å². The third-order valence-electron chi connectivity index (χ3n) is 2.30. The highest BCUT2D eigenvalue weighted by Gasteiger charge is 1.88. The maximum absolute atomic E-state index is 10.6. The smallest absolute Gasteiger partial charge is 0.133 e. The topological polar surface area (TPSA) is 17.1 Å². The lowest BCUT2D eigenvalue weighted by Crippen LogP contribution is -1.84. The fraction of sp³-hybridized carbons (Fsp3) is 0.769. The zero-order valence-corrected chi connectivity index (χ0v) is 9.72. The van der Waals surface area contributed by atoms with Crippen LogP contribution in [-0.2, 0) is 4.79 Å². The third kappa shape index (κ3) is 11.4. The zero-order valence-electron chi connectivity index (χ0n) is 9.72. The molecule has 0 fully saturated rings. The Kier molecular flexibility index (Phi) is 10.0. The van der Waals surface area contributed by atoms with Crippen molar-refractivity contribution in [3.05, 3.63) is 12.2 Å². The molecule has 0 aliphatic rings. The second kappa shape index (κ2) is 10.5. The number of ketones is 1. The fourth-order valence-corrected chi connectivity index (χ4v) is 1.41. The van der Waals surface area contributed by atoms with Crippen molar-refractivity contribution in [3.63, 3.8) is 0 Å². The highest BCUT2D eigenvalue weighted by Crippen LogP contribution is 2.07. The molecule has 0 saturated carbocycles. The van der Waals surface area contributed by atoms with Crippen LogP contribution in [0, 0.1) is 0 Å². The molecule has 0 aromatic carbocycles. The van der Waals surface area contributed by atoms with Crippen LogP contribution in [0.15, 0.2) is 12.2 Å². The van der Waals surface area contributed by atoms with E-state index in [0.717, 1.165) is 6.42 Å². The molecule has 0 atom stereocenters. The summed E-state index contributed by atoms with van der Waals surface area (Å²) in [6.45, 7) is 3.87. The van der Waals surface area contributed by atoms with Gasteiger partial charge in [-0.2, -0.15) is 0 Å². The number of allylic oxidation sites excluding steroid dienone is 2. The fourth-order valence-electron chi connectivity index (χ4n) is 1.41. The number of carbonyl (C=O) groups excluding carboxylic acids is 1. The standard InChI is InChI=1S/C13H24O/c1-3-4-5-6-7-8-9-10-11-12-13(2)14/h10-11H,3-9,12H2,1-2H3. The number of hydrogen-bond acceptors (Lipinski definition) is 1. The number of Topliss-reactive ketones (excluding diaryl/α,β-unsaturated/α-hetero) is 1. The van der Waals surface area contributed by atoms with Gasteiger partial charge in [-0.1, -0.05) is 51.2 Å². The molecule has 0 rings (SSSR count). The Morgan fingerprint density at radius 1 is 1.00 bits per heavy atom. The van der Waals surface area contributed by atoms with Crippen LogP contribution in [0.2, 0.25) is 0 Å². The average molecular weight is 196 g/mol. The third-order valence-corrected chi connectivity index (χ3v) is 2.30. The highest BCUT2D eigenvalue weighted by molar-refractivity contribution is 5.76. The van der Waals surface area contributed by atoms with E-state index in [1.807, 2.05) is 6.08 Å². The molecule has 0 aliphatic heterocycles. The van der Waals surface area contributed by atoms with Gasteiger partial charge in [-0.3, -0.25) is 4.79 Å². The van der Waals surface area contributed by atoms with Crippen LogP contribution < -0.4 is 0 Å². The first kappa shape index (κ1) is 13.4. The molecule has 0 amide bonds. The Morgan fingerprint density at radius 2 is 1.64 bits per heavy atom. The molecule has 0 bridgehead atoms. The average Bonchev–Trinajstić information content (AvgIpc) is 2.15. The van der Waals surface area contributed by atoms with Crippen LogP contribution >= 0.6 is 0 Å². The van der Waals surface area contributed by atoms with E-state index in [0.29, 0.717) is 6.42 Å². The molecule has 82 valence electrons. The van der Waals surface area contributed by atoms with E-state index in [4.69, 9.17) is 0 Å². The van der Waals surface area contributed by atoms with Gasteiger partial charge in [0.2, 0.25) is 0 Å². The van der Waals surface area contributed by atoms with Crippen LogP contribution in [0.5, 0.6) is 0 Å². The van der Waals surface area contributed by atoms with E-state index in [9.17, 15) is 4.79 Å².